The lowest BCUT2D eigenvalue weighted by molar-refractivity contribution is 0.247. The second-order valence-electron chi connectivity index (χ2n) is 7.04. The number of rotatable bonds is 6. The zero-order chi connectivity index (χ0) is 15.3. The van der Waals surface area contributed by atoms with Gasteiger partial charge in [0.05, 0.1) is 13.7 Å². The van der Waals surface area contributed by atoms with E-state index in [4.69, 9.17) is 9.47 Å². The van der Waals surface area contributed by atoms with Gasteiger partial charge in [0.15, 0.2) is 0 Å². The molecule has 2 rings (SSSR count). The molecular weight excluding hydrogens is 262 g/mol. The molecule has 1 aromatic rings. The molecule has 0 radical (unpaired) electrons. The fraction of sp³-hybridized carbons (Fsp3) is 0.667. The molecule has 3 nitrogen and oxygen atoms in total. The fourth-order valence-corrected chi connectivity index (χ4v) is 2.69. The Bertz CT molecular complexity index is 445. The predicted octanol–water partition coefficient (Wildman–Crippen LogP) is 4.15. The third kappa shape index (κ3) is 5.24. The standard InChI is InChI=1S/C18H29NO2/c1-18(2,3)19-12-15-9-10-16(20-4)11-17(15)21-13-14-7-5-6-8-14/h9-11,14,19H,5-8,12-13H2,1-4H3. The molecule has 1 aliphatic rings. The van der Waals surface area contributed by atoms with Crippen LogP contribution in [0.5, 0.6) is 11.5 Å². The summed E-state index contributed by atoms with van der Waals surface area (Å²) < 4.78 is 11.4. The molecule has 0 aliphatic heterocycles. The number of hydrogen-bond acceptors (Lipinski definition) is 3. The summed E-state index contributed by atoms with van der Waals surface area (Å²) in [5.41, 5.74) is 1.30. The molecule has 0 saturated heterocycles. The lowest BCUT2D eigenvalue weighted by Gasteiger charge is -2.22. The molecule has 1 aromatic carbocycles. The van der Waals surface area contributed by atoms with Crippen molar-refractivity contribution >= 4 is 0 Å². The summed E-state index contributed by atoms with van der Waals surface area (Å²) in [6.45, 7) is 8.17. The Kier molecular flexibility index (Phi) is 5.51. The normalized spacial score (nSPS) is 16.2. The van der Waals surface area contributed by atoms with E-state index in [0.29, 0.717) is 0 Å². The molecule has 0 atom stereocenters. The highest BCUT2D eigenvalue weighted by Gasteiger charge is 2.17. The van der Waals surface area contributed by atoms with Gasteiger partial charge in [0, 0.05) is 23.7 Å². The monoisotopic (exact) mass is 291 g/mol. The summed E-state index contributed by atoms with van der Waals surface area (Å²) in [5.74, 6) is 2.54. The van der Waals surface area contributed by atoms with E-state index in [-0.39, 0.29) is 5.54 Å². The molecule has 3 heteroatoms. The number of methoxy groups -OCH3 is 1. The van der Waals surface area contributed by atoms with E-state index in [2.05, 4.69) is 32.2 Å². The summed E-state index contributed by atoms with van der Waals surface area (Å²) in [6, 6.07) is 6.11. The first kappa shape index (κ1) is 16.2. The third-order valence-corrected chi connectivity index (χ3v) is 4.03. The molecule has 21 heavy (non-hydrogen) atoms. The van der Waals surface area contributed by atoms with E-state index >= 15 is 0 Å². The molecule has 0 bridgehead atoms. The Labute approximate surface area is 129 Å². The Balaban J connectivity index is 2.03. The van der Waals surface area contributed by atoms with Crippen molar-refractivity contribution in [2.75, 3.05) is 13.7 Å². The van der Waals surface area contributed by atoms with E-state index in [1.54, 1.807) is 7.11 Å². The summed E-state index contributed by atoms with van der Waals surface area (Å²) in [4.78, 5) is 0. The van der Waals surface area contributed by atoms with Crippen molar-refractivity contribution in [3.05, 3.63) is 23.8 Å². The smallest absolute Gasteiger partial charge is 0.127 e. The van der Waals surface area contributed by atoms with E-state index in [0.717, 1.165) is 30.6 Å². The maximum atomic E-state index is 6.11. The van der Waals surface area contributed by atoms with Gasteiger partial charge < -0.3 is 14.8 Å². The molecular formula is C18H29NO2. The van der Waals surface area contributed by atoms with Crippen LogP contribution in [0.3, 0.4) is 0 Å². The first-order valence-corrected chi connectivity index (χ1v) is 8.03. The quantitative estimate of drug-likeness (QED) is 0.854. The van der Waals surface area contributed by atoms with Crippen LogP contribution in [-0.4, -0.2) is 19.3 Å². The second kappa shape index (κ2) is 7.17. The maximum Gasteiger partial charge on any atom is 0.127 e. The van der Waals surface area contributed by atoms with Gasteiger partial charge in [0.25, 0.3) is 0 Å². The van der Waals surface area contributed by atoms with Crippen LogP contribution in [0.15, 0.2) is 18.2 Å². The van der Waals surface area contributed by atoms with Crippen molar-refractivity contribution in [2.24, 2.45) is 5.92 Å². The highest BCUT2D eigenvalue weighted by atomic mass is 16.5. The van der Waals surface area contributed by atoms with Crippen LogP contribution in [-0.2, 0) is 6.54 Å². The van der Waals surface area contributed by atoms with Crippen molar-refractivity contribution in [1.29, 1.82) is 0 Å². The largest absolute Gasteiger partial charge is 0.497 e. The molecule has 0 amide bonds. The van der Waals surface area contributed by atoms with E-state index in [1.807, 2.05) is 12.1 Å². The van der Waals surface area contributed by atoms with Crippen molar-refractivity contribution in [3.63, 3.8) is 0 Å². The topological polar surface area (TPSA) is 30.5 Å². The van der Waals surface area contributed by atoms with Crippen LogP contribution >= 0.6 is 0 Å². The van der Waals surface area contributed by atoms with Gasteiger partial charge in [0.2, 0.25) is 0 Å². The van der Waals surface area contributed by atoms with Gasteiger partial charge in [-0.15, -0.1) is 0 Å². The number of hydrogen-bond donors (Lipinski definition) is 1. The fourth-order valence-electron chi connectivity index (χ4n) is 2.69. The van der Waals surface area contributed by atoms with Crippen LogP contribution in [0, 0.1) is 5.92 Å². The van der Waals surface area contributed by atoms with Crippen molar-refractivity contribution in [2.45, 2.75) is 58.5 Å². The lowest BCUT2D eigenvalue weighted by Crippen LogP contribution is -2.35. The number of benzene rings is 1. The SMILES string of the molecule is COc1ccc(CNC(C)(C)C)c(OCC2CCCC2)c1. The summed E-state index contributed by atoms with van der Waals surface area (Å²) in [6.07, 6.45) is 5.31. The van der Waals surface area contributed by atoms with Crippen LogP contribution in [0.25, 0.3) is 0 Å². The van der Waals surface area contributed by atoms with Gasteiger partial charge in [-0.3, -0.25) is 0 Å². The molecule has 1 N–H and O–H groups in total. The van der Waals surface area contributed by atoms with E-state index < -0.39 is 0 Å². The minimum absolute atomic E-state index is 0.0999. The van der Waals surface area contributed by atoms with Crippen LogP contribution in [0.4, 0.5) is 0 Å². The Morgan fingerprint density at radius 3 is 2.52 bits per heavy atom. The number of ether oxygens (including phenoxy) is 2. The van der Waals surface area contributed by atoms with Crippen molar-refractivity contribution in [3.8, 4) is 11.5 Å². The minimum Gasteiger partial charge on any atom is -0.497 e. The predicted molar refractivity (Wildman–Crippen MR) is 87.0 cm³/mol. The average molecular weight is 291 g/mol. The average Bonchev–Trinajstić information content (AvgIpc) is 2.95. The lowest BCUT2D eigenvalue weighted by atomic mass is 10.1. The zero-order valence-electron chi connectivity index (χ0n) is 13.9. The summed E-state index contributed by atoms with van der Waals surface area (Å²) in [5, 5.41) is 3.52. The maximum absolute atomic E-state index is 6.11. The van der Waals surface area contributed by atoms with Gasteiger partial charge in [0.1, 0.15) is 11.5 Å². The molecule has 118 valence electrons. The first-order chi connectivity index (χ1) is 9.98. The van der Waals surface area contributed by atoms with Gasteiger partial charge in [-0.05, 0) is 45.6 Å². The molecule has 1 saturated carbocycles. The Morgan fingerprint density at radius 2 is 1.90 bits per heavy atom. The van der Waals surface area contributed by atoms with Crippen molar-refractivity contribution in [1.82, 2.24) is 5.32 Å². The molecule has 0 spiro atoms. The highest BCUT2D eigenvalue weighted by molar-refractivity contribution is 5.40. The molecule has 0 aromatic heterocycles. The minimum atomic E-state index is 0.0999. The van der Waals surface area contributed by atoms with Crippen LogP contribution in [0.2, 0.25) is 0 Å². The highest BCUT2D eigenvalue weighted by Crippen LogP contribution is 2.29. The van der Waals surface area contributed by atoms with Crippen LogP contribution in [0.1, 0.15) is 52.0 Å². The Morgan fingerprint density at radius 1 is 1.19 bits per heavy atom. The third-order valence-electron chi connectivity index (χ3n) is 4.03. The summed E-state index contributed by atoms with van der Waals surface area (Å²) >= 11 is 0. The molecule has 0 unspecified atom stereocenters. The van der Waals surface area contributed by atoms with E-state index in [1.165, 1.54) is 31.2 Å². The molecule has 1 aliphatic carbocycles. The first-order valence-electron chi connectivity index (χ1n) is 8.03. The second-order valence-corrected chi connectivity index (χ2v) is 7.04. The van der Waals surface area contributed by atoms with Gasteiger partial charge in [-0.2, -0.15) is 0 Å². The van der Waals surface area contributed by atoms with Gasteiger partial charge in [-0.25, -0.2) is 0 Å². The van der Waals surface area contributed by atoms with Gasteiger partial charge >= 0.3 is 0 Å². The summed E-state index contributed by atoms with van der Waals surface area (Å²) in [7, 11) is 1.70. The number of nitrogens with one attached hydrogen (secondary N) is 1. The Hall–Kier alpha value is -1.22. The molecule has 1 fully saturated rings. The van der Waals surface area contributed by atoms with Gasteiger partial charge in [-0.1, -0.05) is 18.9 Å². The molecule has 0 heterocycles. The zero-order valence-corrected chi connectivity index (χ0v) is 13.9. The van der Waals surface area contributed by atoms with Crippen LogP contribution < -0.4 is 14.8 Å². The van der Waals surface area contributed by atoms with Crippen molar-refractivity contribution < 1.29 is 9.47 Å². The van der Waals surface area contributed by atoms with E-state index in [9.17, 15) is 0 Å².